The molecule has 0 saturated heterocycles. The first-order valence-corrected chi connectivity index (χ1v) is 5.53. The molecule has 0 aliphatic rings. The third kappa shape index (κ3) is 2.03. The van der Waals surface area contributed by atoms with Gasteiger partial charge < -0.3 is 14.2 Å². The zero-order valence-corrected chi connectivity index (χ0v) is 10.4. The van der Waals surface area contributed by atoms with Crippen molar-refractivity contribution < 1.29 is 14.2 Å². The predicted octanol–water partition coefficient (Wildman–Crippen LogP) is 0.0245. The van der Waals surface area contributed by atoms with E-state index in [1.165, 1.54) is 14.2 Å². The van der Waals surface area contributed by atoms with Crippen LogP contribution in [-0.2, 0) is 20.9 Å². The summed E-state index contributed by atoms with van der Waals surface area (Å²) in [5.74, 6) is 0. The van der Waals surface area contributed by atoms with Crippen LogP contribution in [0.3, 0.4) is 0 Å². The maximum Gasteiger partial charge on any atom is 0.272 e. The first-order chi connectivity index (χ1) is 9.33. The van der Waals surface area contributed by atoms with E-state index in [1.54, 1.807) is 21.6 Å². The minimum atomic E-state index is -0.741. The number of hydrogen-bond donors (Lipinski definition) is 0. The normalized spacial score (nSPS) is 11.9. The van der Waals surface area contributed by atoms with E-state index in [0.29, 0.717) is 5.65 Å². The van der Waals surface area contributed by atoms with Crippen LogP contribution < -0.4 is 0 Å². The second-order valence-corrected chi connectivity index (χ2v) is 3.77. The Morgan fingerprint density at radius 2 is 2.16 bits per heavy atom. The molecule has 0 amide bonds. The van der Waals surface area contributed by atoms with E-state index in [9.17, 15) is 0 Å². The Kier molecular flexibility index (Phi) is 3.07. The molecule has 0 bridgehead atoms. The summed E-state index contributed by atoms with van der Waals surface area (Å²) >= 11 is 0. The maximum absolute atomic E-state index is 5.40. The number of aromatic nitrogens is 6. The SMILES string of the molecule is COC(OC)OCn1ncc2ccn3nnnc3c21. The quantitative estimate of drug-likeness (QED) is 0.600. The molecule has 3 aromatic heterocycles. The number of tetrazole rings is 1. The summed E-state index contributed by atoms with van der Waals surface area (Å²) in [6, 6.07) is 1.88. The maximum atomic E-state index is 5.40. The lowest BCUT2D eigenvalue weighted by Gasteiger charge is -2.14. The zero-order chi connectivity index (χ0) is 13.2. The summed E-state index contributed by atoms with van der Waals surface area (Å²) in [6.07, 6.45) is 3.50. The Morgan fingerprint density at radius 1 is 1.32 bits per heavy atom. The molecule has 0 unspecified atom stereocenters. The highest BCUT2D eigenvalue weighted by atomic mass is 16.8. The van der Waals surface area contributed by atoms with Crippen LogP contribution >= 0.6 is 0 Å². The van der Waals surface area contributed by atoms with Crippen LogP contribution in [0, 0.1) is 0 Å². The van der Waals surface area contributed by atoms with Gasteiger partial charge in [-0.05, 0) is 16.5 Å². The number of nitrogens with zero attached hydrogens (tertiary/aromatic N) is 6. The highest BCUT2D eigenvalue weighted by molar-refractivity contribution is 5.89. The van der Waals surface area contributed by atoms with Gasteiger partial charge >= 0.3 is 0 Å². The fourth-order valence-electron chi connectivity index (χ4n) is 1.83. The van der Waals surface area contributed by atoms with Crippen LogP contribution in [0.4, 0.5) is 0 Å². The topological polar surface area (TPSA) is 88.6 Å². The third-order valence-corrected chi connectivity index (χ3v) is 2.69. The van der Waals surface area contributed by atoms with E-state index >= 15 is 0 Å². The molecule has 0 saturated carbocycles. The lowest BCUT2D eigenvalue weighted by Crippen LogP contribution is -2.19. The molecular formula is C10H12N6O3. The second-order valence-electron chi connectivity index (χ2n) is 3.77. The van der Waals surface area contributed by atoms with E-state index in [-0.39, 0.29) is 6.73 Å². The van der Waals surface area contributed by atoms with Crippen LogP contribution in [-0.4, -0.2) is 50.5 Å². The van der Waals surface area contributed by atoms with Gasteiger partial charge in [-0.2, -0.15) is 9.61 Å². The molecule has 0 aromatic carbocycles. The smallest absolute Gasteiger partial charge is 0.272 e. The van der Waals surface area contributed by atoms with Crippen molar-refractivity contribution in [3.63, 3.8) is 0 Å². The lowest BCUT2D eigenvalue weighted by atomic mass is 10.3. The molecule has 0 N–H and O–H groups in total. The molecule has 0 spiro atoms. The molecule has 0 radical (unpaired) electrons. The van der Waals surface area contributed by atoms with Gasteiger partial charge in [0.25, 0.3) is 6.48 Å². The number of fused-ring (bicyclic) bond motifs is 3. The van der Waals surface area contributed by atoms with Crippen molar-refractivity contribution in [2.75, 3.05) is 14.2 Å². The average molecular weight is 264 g/mol. The molecule has 0 fully saturated rings. The molecule has 9 heteroatoms. The lowest BCUT2D eigenvalue weighted by molar-refractivity contribution is -0.279. The Balaban J connectivity index is 1.97. The van der Waals surface area contributed by atoms with Gasteiger partial charge in [0.05, 0.1) is 6.20 Å². The van der Waals surface area contributed by atoms with Crippen molar-refractivity contribution in [1.29, 1.82) is 0 Å². The van der Waals surface area contributed by atoms with E-state index in [1.807, 2.05) is 6.07 Å². The van der Waals surface area contributed by atoms with Crippen molar-refractivity contribution >= 4 is 16.6 Å². The van der Waals surface area contributed by atoms with Crippen molar-refractivity contribution in [2.24, 2.45) is 0 Å². The van der Waals surface area contributed by atoms with Crippen molar-refractivity contribution in [2.45, 2.75) is 13.2 Å². The Morgan fingerprint density at radius 3 is 2.95 bits per heavy atom. The van der Waals surface area contributed by atoms with Gasteiger partial charge in [-0.3, -0.25) is 0 Å². The molecule has 0 aliphatic carbocycles. The van der Waals surface area contributed by atoms with Crippen LogP contribution in [0.2, 0.25) is 0 Å². The largest absolute Gasteiger partial charge is 0.333 e. The minimum absolute atomic E-state index is 0.169. The second kappa shape index (κ2) is 4.88. The number of rotatable bonds is 5. The summed E-state index contributed by atoms with van der Waals surface area (Å²) in [6.45, 7) is -0.572. The van der Waals surface area contributed by atoms with Crippen LogP contribution in [0.15, 0.2) is 18.5 Å². The summed E-state index contributed by atoms with van der Waals surface area (Å²) in [5, 5.41) is 16.6. The van der Waals surface area contributed by atoms with Crippen LogP contribution in [0.5, 0.6) is 0 Å². The molecular weight excluding hydrogens is 252 g/mol. The Labute approximate surface area is 107 Å². The molecule has 19 heavy (non-hydrogen) atoms. The molecule has 3 aromatic rings. The van der Waals surface area contributed by atoms with Crippen LogP contribution in [0.1, 0.15) is 0 Å². The monoisotopic (exact) mass is 264 g/mol. The fraction of sp³-hybridized carbons (Fsp3) is 0.400. The van der Waals surface area contributed by atoms with Gasteiger partial charge in [-0.25, -0.2) is 4.68 Å². The number of hydrogen-bond acceptors (Lipinski definition) is 7. The fourth-order valence-corrected chi connectivity index (χ4v) is 1.83. The van der Waals surface area contributed by atoms with Gasteiger partial charge in [0, 0.05) is 25.8 Å². The highest BCUT2D eigenvalue weighted by Crippen LogP contribution is 2.17. The third-order valence-electron chi connectivity index (χ3n) is 2.69. The van der Waals surface area contributed by atoms with Crippen molar-refractivity contribution in [1.82, 2.24) is 29.8 Å². The molecule has 3 heterocycles. The Bertz CT molecular complexity index is 689. The molecule has 3 rings (SSSR count). The number of pyridine rings is 1. The highest BCUT2D eigenvalue weighted by Gasteiger charge is 2.12. The molecule has 0 atom stereocenters. The van der Waals surface area contributed by atoms with E-state index in [2.05, 4.69) is 20.6 Å². The van der Waals surface area contributed by atoms with Gasteiger partial charge in [0.15, 0.2) is 0 Å². The number of methoxy groups -OCH3 is 2. The van der Waals surface area contributed by atoms with Gasteiger partial charge in [0.1, 0.15) is 12.2 Å². The molecule has 9 nitrogen and oxygen atoms in total. The summed E-state index contributed by atoms with van der Waals surface area (Å²) in [7, 11) is 2.99. The zero-order valence-electron chi connectivity index (χ0n) is 10.4. The summed E-state index contributed by atoms with van der Waals surface area (Å²) in [5.41, 5.74) is 1.41. The van der Waals surface area contributed by atoms with E-state index in [4.69, 9.17) is 14.2 Å². The van der Waals surface area contributed by atoms with E-state index in [0.717, 1.165) is 10.9 Å². The van der Waals surface area contributed by atoms with Gasteiger partial charge in [-0.15, -0.1) is 5.10 Å². The molecule has 0 aliphatic heterocycles. The predicted molar refractivity (Wildman–Crippen MR) is 63.0 cm³/mol. The first-order valence-electron chi connectivity index (χ1n) is 5.53. The van der Waals surface area contributed by atoms with Crippen molar-refractivity contribution in [3.05, 3.63) is 18.5 Å². The summed E-state index contributed by atoms with van der Waals surface area (Å²) in [4.78, 5) is 0. The average Bonchev–Trinajstić information content (AvgIpc) is 3.04. The first kappa shape index (κ1) is 12.0. The standard InChI is InChI=1S/C10H12N6O3/c1-17-10(18-2)19-6-16-8-7(5-11-16)3-4-15-9(8)12-13-14-15/h3-5,10H,6H2,1-2H3. The van der Waals surface area contributed by atoms with Crippen molar-refractivity contribution in [3.8, 4) is 0 Å². The summed E-state index contributed by atoms with van der Waals surface area (Å²) < 4.78 is 18.5. The van der Waals surface area contributed by atoms with Gasteiger partial charge in [0.2, 0.25) is 5.65 Å². The minimum Gasteiger partial charge on any atom is -0.333 e. The van der Waals surface area contributed by atoms with Crippen LogP contribution in [0.25, 0.3) is 16.6 Å². The van der Waals surface area contributed by atoms with Gasteiger partial charge in [-0.1, -0.05) is 0 Å². The Hall–Kier alpha value is -2.10. The number of ether oxygens (including phenoxy) is 3. The van der Waals surface area contributed by atoms with E-state index < -0.39 is 6.48 Å². The molecule has 100 valence electrons.